The molecular weight excluding hydrogens is 300 g/mol. The molecule has 0 radical (unpaired) electrons. The third-order valence-corrected chi connectivity index (χ3v) is 5.01. The van der Waals surface area contributed by atoms with Crippen LogP contribution in [0.1, 0.15) is 63.9 Å². The highest BCUT2D eigenvalue weighted by molar-refractivity contribution is 5.74. The topological polar surface area (TPSA) is 52.6 Å². The molecule has 0 bridgehead atoms. The van der Waals surface area contributed by atoms with Crippen LogP contribution in [-0.4, -0.2) is 41.3 Å². The largest absolute Gasteiger partial charge is 0.393 e. The van der Waals surface area contributed by atoms with E-state index in [0.717, 1.165) is 25.8 Å². The number of amides is 2. The second-order valence-corrected chi connectivity index (χ2v) is 6.98. The molecule has 1 saturated heterocycles. The van der Waals surface area contributed by atoms with Crippen LogP contribution in [0.5, 0.6) is 0 Å². The molecule has 0 spiro atoms. The summed E-state index contributed by atoms with van der Waals surface area (Å²) >= 11 is 0. The van der Waals surface area contributed by atoms with Crippen LogP contribution in [-0.2, 0) is 0 Å². The van der Waals surface area contributed by atoms with Crippen LogP contribution >= 0.6 is 0 Å². The molecular formula is C20H32N2O2. The quantitative estimate of drug-likeness (QED) is 0.830. The van der Waals surface area contributed by atoms with Gasteiger partial charge in [-0.05, 0) is 38.2 Å². The van der Waals surface area contributed by atoms with Crippen LogP contribution in [0.4, 0.5) is 4.79 Å². The lowest BCUT2D eigenvalue weighted by Crippen LogP contribution is -2.46. The highest BCUT2D eigenvalue weighted by Crippen LogP contribution is 2.22. The number of hydrogen-bond acceptors (Lipinski definition) is 2. The Bertz CT molecular complexity index is 490. The Labute approximate surface area is 146 Å². The van der Waals surface area contributed by atoms with Crippen LogP contribution in [0.2, 0.25) is 0 Å². The first kappa shape index (κ1) is 18.8. The van der Waals surface area contributed by atoms with Crippen molar-refractivity contribution in [2.45, 2.75) is 70.4 Å². The number of aliphatic hydroxyl groups excluding tert-OH is 1. The normalized spacial score (nSPS) is 21.0. The maximum absolute atomic E-state index is 12.7. The molecule has 1 fully saturated rings. The number of nitrogens with zero attached hydrogens (tertiary/aromatic N) is 1. The minimum Gasteiger partial charge on any atom is -0.393 e. The number of benzene rings is 1. The Hall–Kier alpha value is -1.55. The van der Waals surface area contributed by atoms with Crippen molar-refractivity contribution < 1.29 is 9.90 Å². The molecule has 3 unspecified atom stereocenters. The van der Waals surface area contributed by atoms with Crippen molar-refractivity contribution in [1.82, 2.24) is 10.2 Å². The predicted molar refractivity (Wildman–Crippen MR) is 98.1 cm³/mol. The summed E-state index contributed by atoms with van der Waals surface area (Å²) in [5.41, 5.74) is 1.17. The van der Waals surface area contributed by atoms with Crippen LogP contribution < -0.4 is 5.32 Å². The SMILES string of the molecule is CCC1CCCCCN1C(=O)NCC(CC(C)O)c1ccccc1. The van der Waals surface area contributed by atoms with Gasteiger partial charge in [-0.2, -0.15) is 0 Å². The third kappa shape index (κ3) is 5.52. The van der Waals surface area contributed by atoms with Crippen molar-refractivity contribution >= 4 is 6.03 Å². The molecule has 2 amide bonds. The first-order valence-electron chi connectivity index (χ1n) is 9.39. The van der Waals surface area contributed by atoms with E-state index in [1.54, 1.807) is 6.92 Å². The predicted octanol–water partition coefficient (Wildman–Crippen LogP) is 3.91. The van der Waals surface area contributed by atoms with Crippen molar-refractivity contribution in [2.75, 3.05) is 13.1 Å². The number of hydrogen-bond donors (Lipinski definition) is 2. The van der Waals surface area contributed by atoms with Gasteiger partial charge in [0.25, 0.3) is 0 Å². The lowest BCUT2D eigenvalue weighted by Gasteiger charge is -2.30. The summed E-state index contributed by atoms with van der Waals surface area (Å²) < 4.78 is 0. The number of nitrogens with one attached hydrogen (secondary N) is 1. The van der Waals surface area contributed by atoms with Crippen molar-refractivity contribution in [3.63, 3.8) is 0 Å². The van der Waals surface area contributed by atoms with E-state index in [4.69, 9.17) is 0 Å². The molecule has 0 aliphatic carbocycles. The molecule has 4 nitrogen and oxygen atoms in total. The van der Waals surface area contributed by atoms with Gasteiger partial charge in [-0.25, -0.2) is 4.79 Å². The minimum atomic E-state index is -0.381. The van der Waals surface area contributed by atoms with E-state index in [0.29, 0.717) is 19.0 Å². The number of rotatable bonds is 6. The highest BCUT2D eigenvalue weighted by atomic mass is 16.3. The summed E-state index contributed by atoms with van der Waals surface area (Å²) in [5.74, 6) is 0.141. The van der Waals surface area contributed by atoms with Gasteiger partial charge in [-0.3, -0.25) is 0 Å². The Kier molecular flexibility index (Phi) is 7.57. The van der Waals surface area contributed by atoms with E-state index in [1.165, 1.54) is 18.4 Å². The smallest absolute Gasteiger partial charge is 0.317 e. The first-order chi connectivity index (χ1) is 11.6. The van der Waals surface area contributed by atoms with Gasteiger partial charge in [0.15, 0.2) is 0 Å². The van der Waals surface area contributed by atoms with Crippen LogP contribution in [0, 0.1) is 0 Å². The molecule has 4 heteroatoms. The molecule has 134 valence electrons. The van der Waals surface area contributed by atoms with Gasteiger partial charge >= 0.3 is 6.03 Å². The second-order valence-electron chi connectivity index (χ2n) is 6.98. The molecule has 1 heterocycles. The van der Waals surface area contributed by atoms with E-state index in [9.17, 15) is 9.90 Å². The van der Waals surface area contributed by atoms with E-state index < -0.39 is 0 Å². The lowest BCUT2D eigenvalue weighted by molar-refractivity contribution is 0.163. The van der Waals surface area contributed by atoms with Gasteiger partial charge in [-0.1, -0.05) is 50.1 Å². The molecule has 2 N–H and O–H groups in total. The number of carbonyl (C=O) groups is 1. The summed E-state index contributed by atoms with van der Waals surface area (Å²) in [4.78, 5) is 14.7. The Morgan fingerprint density at radius 3 is 2.71 bits per heavy atom. The minimum absolute atomic E-state index is 0.0512. The van der Waals surface area contributed by atoms with E-state index in [-0.39, 0.29) is 18.1 Å². The molecule has 1 aromatic carbocycles. The van der Waals surface area contributed by atoms with Gasteiger partial charge in [0.05, 0.1) is 6.10 Å². The summed E-state index contributed by atoms with van der Waals surface area (Å²) in [6.07, 6.45) is 5.93. The van der Waals surface area contributed by atoms with E-state index in [1.807, 2.05) is 23.1 Å². The molecule has 24 heavy (non-hydrogen) atoms. The molecule has 1 aliphatic rings. The van der Waals surface area contributed by atoms with E-state index >= 15 is 0 Å². The highest BCUT2D eigenvalue weighted by Gasteiger charge is 2.25. The zero-order valence-electron chi connectivity index (χ0n) is 15.1. The molecule has 2 rings (SSSR count). The molecule has 0 saturated carbocycles. The number of urea groups is 1. The van der Waals surface area contributed by atoms with Crippen molar-refractivity contribution in [3.05, 3.63) is 35.9 Å². The van der Waals surface area contributed by atoms with Crippen molar-refractivity contribution in [3.8, 4) is 0 Å². The lowest BCUT2D eigenvalue weighted by atomic mass is 9.93. The van der Waals surface area contributed by atoms with E-state index in [2.05, 4.69) is 24.4 Å². The maximum Gasteiger partial charge on any atom is 0.317 e. The Balaban J connectivity index is 1.98. The Morgan fingerprint density at radius 2 is 2.04 bits per heavy atom. The molecule has 0 aromatic heterocycles. The zero-order valence-corrected chi connectivity index (χ0v) is 15.1. The van der Waals surface area contributed by atoms with Gasteiger partial charge in [0, 0.05) is 25.0 Å². The van der Waals surface area contributed by atoms with Gasteiger partial charge < -0.3 is 15.3 Å². The fourth-order valence-corrected chi connectivity index (χ4v) is 3.66. The van der Waals surface area contributed by atoms with Gasteiger partial charge in [0.2, 0.25) is 0 Å². The van der Waals surface area contributed by atoms with Crippen LogP contribution in [0.25, 0.3) is 0 Å². The Morgan fingerprint density at radius 1 is 1.29 bits per heavy atom. The van der Waals surface area contributed by atoms with Gasteiger partial charge in [-0.15, -0.1) is 0 Å². The van der Waals surface area contributed by atoms with Crippen LogP contribution in [0.3, 0.4) is 0 Å². The number of aliphatic hydroxyl groups is 1. The summed E-state index contributed by atoms with van der Waals surface area (Å²) in [5, 5.41) is 12.9. The average molecular weight is 332 g/mol. The molecule has 1 aromatic rings. The summed E-state index contributed by atoms with van der Waals surface area (Å²) in [6.45, 7) is 5.40. The fraction of sp³-hybridized carbons (Fsp3) is 0.650. The summed E-state index contributed by atoms with van der Waals surface area (Å²) in [7, 11) is 0. The molecule has 3 atom stereocenters. The standard InChI is InChI=1S/C20H32N2O2/c1-3-19-12-8-5-9-13-22(19)20(24)21-15-18(14-16(2)23)17-10-6-4-7-11-17/h4,6-7,10-11,16,18-19,23H,3,5,8-9,12-15H2,1-2H3,(H,21,24). The summed E-state index contributed by atoms with van der Waals surface area (Å²) in [6, 6.07) is 10.6. The zero-order chi connectivity index (χ0) is 17.4. The fourth-order valence-electron chi connectivity index (χ4n) is 3.66. The van der Waals surface area contributed by atoms with Gasteiger partial charge in [0.1, 0.15) is 0 Å². The molecule has 1 aliphatic heterocycles. The van der Waals surface area contributed by atoms with Crippen molar-refractivity contribution in [2.24, 2.45) is 0 Å². The van der Waals surface area contributed by atoms with Crippen LogP contribution in [0.15, 0.2) is 30.3 Å². The average Bonchev–Trinajstić information content (AvgIpc) is 2.84. The van der Waals surface area contributed by atoms with Crippen molar-refractivity contribution in [1.29, 1.82) is 0 Å². The first-order valence-corrected chi connectivity index (χ1v) is 9.39. The maximum atomic E-state index is 12.7. The number of likely N-dealkylation sites (tertiary alicyclic amines) is 1. The third-order valence-electron chi connectivity index (χ3n) is 5.01. The monoisotopic (exact) mass is 332 g/mol. The number of carbonyl (C=O) groups excluding carboxylic acids is 1. The second kappa shape index (κ2) is 9.67.